The van der Waals surface area contributed by atoms with Crippen LogP contribution in [0.2, 0.25) is 0 Å². The van der Waals surface area contributed by atoms with Gasteiger partial charge in [0.15, 0.2) is 5.13 Å². The lowest BCUT2D eigenvalue weighted by molar-refractivity contribution is -0.136. The van der Waals surface area contributed by atoms with Crippen molar-refractivity contribution in [2.75, 3.05) is 11.9 Å². The molecule has 0 spiro atoms. The second-order valence-corrected chi connectivity index (χ2v) is 6.65. The first-order valence-corrected chi connectivity index (χ1v) is 8.67. The summed E-state index contributed by atoms with van der Waals surface area (Å²) in [6.45, 7) is 3.33. The summed E-state index contributed by atoms with van der Waals surface area (Å²) in [7, 11) is 0. The van der Waals surface area contributed by atoms with E-state index in [9.17, 15) is 18.8 Å². The molecule has 26 heavy (non-hydrogen) atoms. The third-order valence-corrected chi connectivity index (χ3v) is 4.23. The standard InChI is InChI=1S/C17H18FN3O4S/c1-10(2)21(16(25)11-3-5-12(18)6-4-11)8-14(22)20-17-19-13(9-26-17)7-15(23)24/h3-6,9-10H,7-8H2,1-2H3,(H,23,24)(H,19,20,22). The van der Waals surface area contributed by atoms with Crippen LogP contribution in [0.4, 0.5) is 9.52 Å². The molecule has 2 rings (SSSR count). The minimum atomic E-state index is -1.01. The van der Waals surface area contributed by atoms with E-state index in [1.807, 2.05) is 0 Å². The lowest BCUT2D eigenvalue weighted by atomic mass is 10.1. The molecule has 2 amide bonds. The maximum Gasteiger partial charge on any atom is 0.309 e. The van der Waals surface area contributed by atoms with Crippen LogP contribution in [0.5, 0.6) is 0 Å². The van der Waals surface area contributed by atoms with Crippen LogP contribution in [-0.4, -0.2) is 45.4 Å². The molecular weight excluding hydrogens is 361 g/mol. The van der Waals surface area contributed by atoms with Gasteiger partial charge in [0.2, 0.25) is 5.91 Å². The van der Waals surface area contributed by atoms with E-state index >= 15 is 0 Å². The summed E-state index contributed by atoms with van der Waals surface area (Å²) in [6.07, 6.45) is -0.229. The molecule has 1 aromatic carbocycles. The van der Waals surface area contributed by atoms with Crippen LogP contribution in [0, 0.1) is 5.82 Å². The van der Waals surface area contributed by atoms with Gasteiger partial charge in [-0.25, -0.2) is 9.37 Å². The number of hydrogen-bond acceptors (Lipinski definition) is 5. The maximum atomic E-state index is 13.0. The number of aromatic nitrogens is 1. The first-order valence-electron chi connectivity index (χ1n) is 7.79. The Morgan fingerprint density at radius 3 is 2.50 bits per heavy atom. The summed E-state index contributed by atoms with van der Waals surface area (Å²) < 4.78 is 13.0. The zero-order valence-corrected chi connectivity index (χ0v) is 15.0. The van der Waals surface area contributed by atoms with Crippen LogP contribution in [0.1, 0.15) is 29.9 Å². The van der Waals surface area contributed by atoms with Gasteiger partial charge >= 0.3 is 5.97 Å². The van der Waals surface area contributed by atoms with Crippen LogP contribution >= 0.6 is 11.3 Å². The van der Waals surface area contributed by atoms with Crippen molar-refractivity contribution in [3.8, 4) is 0 Å². The Morgan fingerprint density at radius 1 is 1.27 bits per heavy atom. The fourth-order valence-corrected chi connectivity index (χ4v) is 2.89. The van der Waals surface area contributed by atoms with E-state index in [-0.39, 0.29) is 35.6 Å². The number of carbonyl (C=O) groups is 3. The number of thiazole rings is 1. The average molecular weight is 379 g/mol. The second-order valence-electron chi connectivity index (χ2n) is 5.80. The molecule has 0 aliphatic rings. The Labute approximate surface area is 153 Å². The largest absolute Gasteiger partial charge is 0.481 e. The van der Waals surface area contributed by atoms with Gasteiger partial charge in [-0.15, -0.1) is 11.3 Å². The van der Waals surface area contributed by atoms with E-state index in [0.29, 0.717) is 5.69 Å². The van der Waals surface area contributed by atoms with Gasteiger partial charge in [0, 0.05) is 17.0 Å². The van der Waals surface area contributed by atoms with Crippen molar-refractivity contribution in [1.82, 2.24) is 9.88 Å². The van der Waals surface area contributed by atoms with Crippen LogP contribution in [0.3, 0.4) is 0 Å². The summed E-state index contributed by atoms with van der Waals surface area (Å²) in [6, 6.07) is 4.85. The summed E-state index contributed by atoms with van der Waals surface area (Å²) in [5.41, 5.74) is 0.631. The number of anilines is 1. The number of halogens is 1. The molecule has 7 nitrogen and oxygen atoms in total. The Bertz CT molecular complexity index is 805. The molecule has 2 N–H and O–H groups in total. The molecule has 0 radical (unpaired) electrons. The van der Waals surface area contributed by atoms with Crippen molar-refractivity contribution in [2.24, 2.45) is 0 Å². The number of carboxylic acids is 1. The van der Waals surface area contributed by atoms with Gasteiger partial charge in [-0.2, -0.15) is 0 Å². The Kier molecular flexibility index (Phi) is 6.40. The van der Waals surface area contributed by atoms with E-state index in [1.165, 1.54) is 29.2 Å². The second kappa shape index (κ2) is 8.52. The molecule has 0 unspecified atom stereocenters. The fraction of sp³-hybridized carbons (Fsp3) is 0.294. The lowest BCUT2D eigenvalue weighted by Crippen LogP contribution is -2.42. The topological polar surface area (TPSA) is 99.6 Å². The quantitative estimate of drug-likeness (QED) is 0.770. The molecule has 0 saturated carbocycles. The van der Waals surface area contributed by atoms with Crippen LogP contribution in [0.25, 0.3) is 0 Å². The number of nitrogens with zero attached hydrogens (tertiary/aromatic N) is 2. The predicted octanol–water partition coefficient (Wildman–Crippen LogP) is 2.40. The van der Waals surface area contributed by atoms with Crippen molar-refractivity contribution in [3.05, 3.63) is 46.7 Å². The van der Waals surface area contributed by atoms with Crippen LogP contribution in [-0.2, 0) is 16.0 Å². The zero-order chi connectivity index (χ0) is 19.3. The van der Waals surface area contributed by atoms with E-state index < -0.39 is 17.7 Å². The SMILES string of the molecule is CC(C)N(CC(=O)Nc1nc(CC(=O)O)cs1)C(=O)c1ccc(F)cc1. The molecule has 0 aliphatic carbocycles. The number of amides is 2. The minimum Gasteiger partial charge on any atom is -0.481 e. The number of carbonyl (C=O) groups excluding carboxylic acids is 2. The van der Waals surface area contributed by atoms with Gasteiger partial charge in [-0.05, 0) is 38.1 Å². The molecule has 0 aliphatic heterocycles. The normalized spacial score (nSPS) is 10.6. The predicted molar refractivity (Wildman–Crippen MR) is 94.7 cm³/mol. The number of benzene rings is 1. The number of aliphatic carboxylic acids is 1. The molecule has 2 aromatic rings. The van der Waals surface area contributed by atoms with Crippen molar-refractivity contribution in [1.29, 1.82) is 0 Å². The van der Waals surface area contributed by atoms with Crippen LogP contribution < -0.4 is 5.32 Å². The molecular formula is C17H18FN3O4S. The van der Waals surface area contributed by atoms with Crippen molar-refractivity contribution in [2.45, 2.75) is 26.3 Å². The van der Waals surface area contributed by atoms with Crippen molar-refractivity contribution < 1.29 is 23.9 Å². The smallest absolute Gasteiger partial charge is 0.309 e. The first-order chi connectivity index (χ1) is 12.3. The van der Waals surface area contributed by atoms with E-state index in [4.69, 9.17) is 5.11 Å². The molecule has 1 aromatic heterocycles. The molecule has 0 fully saturated rings. The van der Waals surface area contributed by atoms with Gasteiger partial charge < -0.3 is 15.3 Å². The van der Waals surface area contributed by atoms with Crippen molar-refractivity contribution >= 4 is 34.3 Å². The summed E-state index contributed by atoms with van der Waals surface area (Å²) >= 11 is 1.11. The monoisotopic (exact) mass is 379 g/mol. The Morgan fingerprint density at radius 2 is 1.92 bits per heavy atom. The highest BCUT2D eigenvalue weighted by molar-refractivity contribution is 7.13. The lowest BCUT2D eigenvalue weighted by Gasteiger charge is -2.26. The minimum absolute atomic E-state index is 0.207. The highest BCUT2D eigenvalue weighted by Crippen LogP contribution is 2.16. The van der Waals surface area contributed by atoms with E-state index in [1.54, 1.807) is 19.2 Å². The highest BCUT2D eigenvalue weighted by Gasteiger charge is 2.22. The van der Waals surface area contributed by atoms with E-state index in [0.717, 1.165) is 11.3 Å². The maximum absolute atomic E-state index is 13.0. The molecule has 0 saturated heterocycles. The molecule has 0 atom stereocenters. The van der Waals surface area contributed by atoms with Crippen molar-refractivity contribution in [3.63, 3.8) is 0 Å². The van der Waals surface area contributed by atoms with E-state index in [2.05, 4.69) is 10.3 Å². The number of nitrogens with one attached hydrogen (secondary N) is 1. The van der Waals surface area contributed by atoms with Gasteiger partial charge in [0.05, 0.1) is 12.1 Å². The fourth-order valence-electron chi connectivity index (χ4n) is 2.16. The number of rotatable bonds is 7. The Balaban J connectivity index is 2.03. The summed E-state index contributed by atoms with van der Waals surface area (Å²) in [5, 5.41) is 13.1. The van der Waals surface area contributed by atoms with Gasteiger partial charge in [0.1, 0.15) is 12.4 Å². The number of carboxylic acid groups (broad SMARTS) is 1. The number of hydrogen-bond donors (Lipinski definition) is 2. The third-order valence-electron chi connectivity index (χ3n) is 3.42. The highest BCUT2D eigenvalue weighted by atomic mass is 32.1. The molecule has 0 bridgehead atoms. The molecule has 9 heteroatoms. The van der Waals surface area contributed by atoms with Gasteiger partial charge in [-0.1, -0.05) is 0 Å². The first kappa shape index (κ1) is 19.5. The summed E-state index contributed by atoms with van der Waals surface area (Å²) in [5.74, 6) is -2.30. The summed E-state index contributed by atoms with van der Waals surface area (Å²) in [4.78, 5) is 40.8. The molecule has 1 heterocycles. The van der Waals surface area contributed by atoms with Gasteiger partial charge in [-0.3, -0.25) is 14.4 Å². The molecule has 138 valence electrons. The zero-order valence-electron chi connectivity index (χ0n) is 14.2. The van der Waals surface area contributed by atoms with Crippen LogP contribution in [0.15, 0.2) is 29.6 Å². The average Bonchev–Trinajstić information content (AvgIpc) is 2.98. The Hall–Kier alpha value is -2.81. The van der Waals surface area contributed by atoms with Gasteiger partial charge in [0.25, 0.3) is 5.91 Å². The third kappa shape index (κ3) is 5.35.